The largest absolute Gasteiger partial charge is 0.386 e. The van der Waals surface area contributed by atoms with Crippen LogP contribution in [0.5, 0.6) is 0 Å². The predicted octanol–water partition coefficient (Wildman–Crippen LogP) is -1.30. The molecule has 0 aromatic rings. The zero-order valence-corrected chi connectivity index (χ0v) is 8.91. The maximum absolute atomic E-state index is 10.9. The molecule has 1 rings (SSSR count). The van der Waals surface area contributed by atoms with Crippen LogP contribution in [0, 0.1) is 0 Å². The molecule has 0 aliphatic carbocycles. The van der Waals surface area contributed by atoms with E-state index in [1.54, 1.807) is 4.90 Å². The molecular weight excluding hydrogens is 194 g/mol. The third-order valence-electron chi connectivity index (χ3n) is 2.46. The minimum Gasteiger partial charge on any atom is -0.386 e. The summed E-state index contributed by atoms with van der Waals surface area (Å²) < 4.78 is 0. The number of carbonyl (C=O) groups is 1. The SMILES string of the molecule is C=C(N)NCCN1CCN(C(N)=O)CC1. The Morgan fingerprint density at radius 3 is 2.33 bits per heavy atom. The predicted molar refractivity (Wildman–Crippen MR) is 58.9 cm³/mol. The number of nitrogens with zero attached hydrogens (tertiary/aromatic N) is 2. The lowest BCUT2D eigenvalue weighted by atomic mass is 10.3. The first-order valence-corrected chi connectivity index (χ1v) is 5.04. The van der Waals surface area contributed by atoms with Crippen molar-refractivity contribution < 1.29 is 4.79 Å². The molecule has 0 radical (unpaired) electrons. The zero-order chi connectivity index (χ0) is 11.3. The first kappa shape index (κ1) is 11.6. The molecule has 6 heteroatoms. The highest BCUT2D eigenvalue weighted by Crippen LogP contribution is 2.00. The molecule has 1 aliphatic rings. The Kier molecular flexibility index (Phi) is 4.23. The summed E-state index contributed by atoms with van der Waals surface area (Å²) in [5.41, 5.74) is 10.6. The molecule has 86 valence electrons. The smallest absolute Gasteiger partial charge is 0.314 e. The van der Waals surface area contributed by atoms with E-state index in [4.69, 9.17) is 11.5 Å². The average Bonchev–Trinajstić information content (AvgIpc) is 2.18. The molecule has 0 unspecified atom stereocenters. The van der Waals surface area contributed by atoms with Gasteiger partial charge in [-0.1, -0.05) is 6.58 Å². The Hall–Kier alpha value is -1.43. The number of amides is 2. The maximum Gasteiger partial charge on any atom is 0.314 e. The third kappa shape index (κ3) is 4.07. The summed E-state index contributed by atoms with van der Waals surface area (Å²) in [5.74, 6) is 0.491. The molecule has 0 spiro atoms. The second kappa shape index (κ2) is 5.45. The van der Waals surface area contributed by atoms with Gasteiger partial charge in [0.05, 0.1) is 5.82 Å². The summed E-state index contributed by atoms with van der Waals surface area (Å²) in [6.07, 6.45) is 0. The quantitative estimate of drug-likeness (QED) is 0.542. The van der Waals surface area contributed by atoms with Gasteiger partial charge in [0.1, 0.15) is 0 Å². The minimum atomic E-state index is -0.330. The van der Waals surface area contributed by atoms with Crippen molar-refractivity contribution in [2.24, 2.45) is 11.5 Å². The van der Waals surface area contributed by atoms with E-state index in [-0.39, 0.29) is 6.03 Å². The molecule has 1 saturated heterocycles. The fraction of sp³-hybridized carbons (Fsp3) is 0.667. The van der Waals surface area contributed by atoms with Gasteiger partial charge in [-0.05, 0) is 0 Å². The van der Waals surface area contributed by atoms with Gasteiger partial charge < -0.3 is 21.7 Å². The standard InChI is InChI=1S/C9H19N5O/c1-8(10)12-2-3-13-4-6-14(7-5-13)9(11)15/h12H,1-7,10H2,(H2,11,15). The van der Waals surface area contributed by atoms with Crippen LogP contribution in [0.4, 0.5) is 4.79 Å². The molecule has 6 nitrogen and oxygen atoms in total. The van der Waals surface area contributed by atoms with Crippen molar-refractivity contribution in [1.29, 1.82) is 0 Å². The molecule has 1 heterocycles. The first-order chi connectivity index (χ1) is 7.09. The Morgan fingerprint density at radius 2 is 1.87 bits per heavy atom. The van der Waals surface area contributed by atoms with Gasteiger partial charge in [0.15, 0.2) is 0 Å². The third-order valence-corrected chi connectivity index (χ3v) is 2.46. The minimum absolute atomic E-state index is 0.330. The van der Waals surface area contributed by atoms with Gasteiger partial charge >= 0.3 is 6.03 Å². The summed E-state index contributed by atoms with van der Waals surface area (Å²) in [7, 11) is 0. The topological polar surface area (TPSA) is 87.6 Å². The lowest BCUT2D eigenvalue weighted by Crippen LogP contribution is -2.51. The van der Waals surface area contributed by atoms with Crippen LogP contribution in [0.25, 0.3) is 0 Å². The number of nitrogens with two attached hydrogens (primary N) is 2. The second-order valence-corrected chi connectivity index (χ2v) is 3.62. The van der Waals surface area contributed by atoms with E-state index in [2.05, 4.69) is 16.8 Å². The van der Waals surface area contributed by atoms with Crippen LogP contribution in [0.3, 0.4) is 0 Å². The molecule has 0 aromatic carbocycles. The Balaban J connectivity index is 2.14. The van der Waals surface area contributed by atoms with Gasteiger partial charge in [0.2, 0.25) is 0 Å². The summed E-state index contributed by atoms with van der Waals surface area (Å²) in [4.78, 5) is 14.8. The number of carbonyl (C=O) groups excluding carboxylic acids is 1. The fourth-order valence-corrected chi connectivity index (χ4v) is 1.57. The van der Waals surface area contributed by atoms with Gasteiger partial charge in [0.25, 0.3) is 0 Å². The van der Waals surface area contributed by atoms with Crippen LogP contribution in [0.15, 0.2) is 12.4 Å². The van der Waals surface area contributed by atoms with Crippen molar-refractivity contribution in [3.63, 3.8) is 0 Å². The van der Waals surface area contributed by atoms with Crippen LogP contribution < -0.4 is 16.8 Å². The fourth-order valence-electron chi connectivity index (χ4n) is 1.57. The molecule has 0 atom stereocenters. The van der Waals surface area contributed by atoms with E-state index in [1.807, 2.05) is 0 Å². The van der Waals surface area contributed by atoms with Gasteiger partial charge in [-0.3, -0.25) is 4.90 Å². The molecule has 15 heavy (non-hydrogen) atoms. The molecular formula is C9H19N5O. The number of rotatable bonds is 4. The van der Waals surface area contributed by atoms with Crippen molar-refractivity contribution in [2.75, 3.05) is 39.3 Å². The Morgan fingerprint density at radius 1 is 1.27 bits per heavy atom. The first-order valence-electron chi connectivity index (χ1n) is 5.04. The molecule has 1 aliphatic heterocycles. The van der Waals surface area contributed by atoms with Gasteiger partial charge in [-0.25, -0.2) is 4.79 Å². The molecule has 0 saturated carbocycles. The number of nitrogens with one attached hydrogen (secondary N) is 1. The normalized spacial score (nSPS) is 17.5. The van der Waals surface area contributed by atoms with Crippen LogP contribution in [0.1, 0.15) is 0 Å². The van der Waals surface area contributed by atoms with Crippen molar-refractivity contribution >= 4 is 6.03 Å². The Bertz CT molecular complexity index is 232. The number of piperazine rings is 1. The van der Waals surface area contributed by atoms with E-state index in [1.165, 1.54) is 0 Å². The van der Waals surface area contributed by atoms with Crippen LogP contribution >= 0.6 is 0 Å². The van der Waals surface area contributed by atoms with Crippen molar-refractivity contribution in [2.45, 2.75) is 0 Å². The lowest BCUT2D eigenvalue weighted by molar-refractivity contribution is 0.146. The number of primary amides is 1. The van der Waals surface area contributed by atoms with Gasteiger partial charge in [0, 0.05) is 39.3 Å². The van der Waals surface area contributed by atoms with E-state index in [9.17, 15) is 4.79 Å². The zero-order valence-electron chi connectivity index (χ0n) is 8.91. The number of hydrogen-bond acceptors (Lipinski definition) is 4. The molecule has 5 N–H and O–H groups in total. The van der Waals surface area contributed by atoms with Gasteiger partial charge in [-0.15, -0.1) is 0 Å². The highest BCUT2D eigenvalue weighted by atomic mass is 16.2. The van der Waals surface area contributed by atoms with Gasteiger partial charge in [-0.2, -0.15) is 0 Å². The summed E-state index contributed by atoms with van der Waals surface area (Å²) in [6, 6.07) is -0.330. The van der Waals surface area contributed by atoms with E-state index in [0.717, 1.165) is 26.2 Å². The molecule has 0 aromatic heterocycles. The van der Waals surface area contributed by atoms with E-state index < -0.39 is 0 Å². The van der Waals surface area contributed by atoms with Crippen LogP contribution in [0.2, 0.25) is 0 Å². The molecule has 1 fully saturated rings. The second-order valence-electron chi connectivity index (χ2n) is 3.62. The van der Waals surface area contributed by atoms with E-state index in [0.29, 0.717) is 18.9 Å². The summed E-state index contributed by atoms with van der Waals surface area (Å²) >= 11 is 0. The van der Waals surface area contributed by atoms with Crippen LogP contribution in [-0.2, 0) is 0 Å². The van der Waals surface area contributed by atoms with Crippen molar-refractivity contribution in [1.82, 2.24) is 15.1 Å². The maximum atomic E-state index is 10.9. The van der Waals surface area contributed by atoms with Crippen molar-refractivity contribution in [3.8, 4) is 0 Å². The number of urea groups is 1. The number of hydrogen-bond donors (Lipinski definition) is 3. The average molecular weight is 213 g/mol. The summed E-state index contributed by atoms with van der Waals surface area (Å²) in [6.45, 7) is 8.38. The highest BCUT2D eigenvalue weighted by molar-refractivity contribution is 5.72. The molecule has 2 amide bonds. The van der Waals surface area contributed by atoms with Crippen molar-refractivity contribution in [3.05, 3.63) is 12.4 Å². The monoisotopic (exact) mass is 213 g/mol. The van der Waals surface area contributed by atoms with Crippen LogP contribution in [-0.4, -0.2) is 55.1 Å². The Labute approximate surface area is 89.9 Å². The van der Waals surface area contributed by atoms with E-state index >= 15 is 0 Å². The highest BCUT2D eigenvalue weighted by Gasteiger charge is 2.18. The molecule has 0 bridgehead atoms. The summed E-state index contributed by atoms with van der Waals surface area (Å²) in [5, 5.41) is 2.96. The lowest BCUT2D eigenvalue weighted by Gasteiger charge is -2.33.